The van der Waals surface area contributed by atoms with Gasteiger partial charge in [-0.05, 0) is 12.1 Å². The zero-order valence-corrected chi connectivity index (χ0v) is 11.3. The molecule has 18 heavy (non-hydrogen) atoms. The Morgan fingerprint density at radius 3 is 2.06 bits per heavy atom. The first kappa shape index (κ1) is 14.5. The summed E-state index contributed by atoms with van der Waals surface area (Å²) in [4.78, 5) is 0. The predicted molar refractivity (Wildman–Crippen MR) is 72.3 cm³/mol. The smallest absolute Gasteiger partial charge is 0.216 e. The first-order valence-corrected chi connectivity index (χ1v) is 6.06. The van der Waals surface area contributed by atoms with Crippen LogP contribution in [0.4, 0.5) is 0 Å². The molecule has 2 aromatic rings. The van der Waals surface area contributed by atoms with Crippen LogP contribution in [0.15, 0.2) is 46.9 Å². The summed E-state index contributed by atoms with van der Waals surface area (Å²) in [6.45, 7) is 4.00. The maximum atomic E-state index is 5.66. The van der Waals surface area contributed by atoms with Crippen LogP contribution in [-0.2, 0) is 9.47 Å². The molecule has 0 amide bonds. The third-order valence-corrected chi connectivity index (χ3v) is 2.35. The van der Waals surface area contributed by atoms with Crippen LogP contribution in [0, 0.1) is 0 Å². The summed E-state index contributed by atoms with van der Waals surface area (Å²) in [5.41, 5.74) is 1.04. The lowest BCUT2D eigenvalue weighted by molar-refractivity contribution is -0.117. The van der Waals surface area contributed by atoms with Gasteiger partial charge in [0.25, 0.3) is 0 Å². The monoisotopic (exact) mass is 248 g/mol. The molecular formula is C15H20O3. The van der Waals surface area contributed by atoms with Crippen LogP contribution >= 0.6 is 0 Å². The van der Waals surface area contributed by atoms with Crippen molar-refractivity contribution < 1.29 is 13.9 Å². The van der Waals surface area contributed by atoms with E-state index in [0.29, 0.717) is 5.76 Å². The van der Waals surface area contributed by atoms with E-state index in [1.54, 1.807) is 14.2 Å². The van der Waals surface area contributed by atoms with Crippen molar-refractivity contribution in [1.82, 2.24) is 0 Å². The first-order chi connectivity index (χ1) is 8.85. The van der Waals surface area contributed by atoms with E-state index in [0.717, 1.165) is 11.3 Å². The molecule has 3 heteroatoms. The number of benzene rings is 1. The molecule has 0 N–H and O–H groups in total. The summed E-state index contributed by atoms with van der Waals surface area (Å²) in [7, 11) is 3.16. The Bertz CT molecular complexity index is 430. The van der Waals surface area contributed by atoms with Gasteiger partial charge in [0.1, 0.15) is 5.76 Å². The first-order valence-electron chi connectivity index (χ1n) is 6.06. The van der Waals surface area contributed by atoms with Crippen molar-refractivity contribution in [2.24, 2.45) is 0 Å². The van der Waals surface area contributed by atoms with E-state index < -0.39 is 6.29 Å². The van der Waals surface area contributed by atoms with Gasteiger partial charge in [-0.1, -0.05) is 44.2 Å². The van der Waals surface area contributed by atoms with E-state index in [1.165, 1.54) is 0 Å². The SMILES string of the molecule is CC.COC(OC)c1ccc(-c2ccccc2)o1. The normalized spacial score (nSPS) is 10.1. The highest BCUT2D eigenvalue weighted by Crippen LogP contribution is 2.26. The fraction of sp³-hybridized carbons (Fsp3) is 0.333. The van der Waals surface area contributed by atoms with Crippen molar-refractivity contribution in [2.75, 3.05) is 14.2 Å². The molecule has 1 aromatic heterocycles. The van der Waals surface area contributed by atoms with E-state index in [9.17, 15) is 0 Å². The second-order valence-corrected chi connectivity index (χ2v) is 3.37. The van der Waals surface area contributed by atoms with Gasteiger partial charge in [0.15, 0.2) is 5.76 Å². The molecular weight excluding hydrogens is 228 g/mol. The molecule has 0 saturated heterocycles. The van der Waals surface area contributed by atoms with Gasteiger partial charge in [0, 0.05) is 19.8 Å². The molecule has 0 radical (unpaired) electrons. The highest BCUT2D eigenvalue weighted by molar-refractivity contribution is 5.57. The average Bonchev–Trinajstić information content (AvgIpc) is 2.93. The number of hydrogen-bond acceptors (Lipinski definition) is 3. The van der Waals surface area contributed by atoms with Crippen molar-refractivity contribution >= 4 is 0 Å². The molecule has 0 unspecified atom stereocenters. The minimum atomic E-state index is -0.447. The van der Waals surface area contributed by atoms with Crippen molar-refractivity contribution in [2.45, 2.75) is 20.1 Å². The van der Waals surface area contributed by atoms with Gasteiger partial charge in [-0.15, -0.1) is 0 Å². The lowest BCUT2D eigenvalue weighted by Gasteiger charge is -2.09. The molecule has 0 bridgehead atoms. The van der Waals surface area contributed by atoms with Crippen LogP contribution in [0.5, 0.6) is 0 Å². The molecule has 3 nitrogen and oxygen atoms in total. The summed E-state index contributed by atoms with van der Waals surface area (Å²) in [6.07, 6.45) is -0.447. The maximum Gasteiger partial charge on any atom is 0.216 e. The number of furan rings is 1. The molecule has 0 aliphatic heterocycles. The summed E-state index contributed by atoms with van der Waals surface area (Å²) in [5.74, 6) is 1.48. The molecule has 98 valence electrons. The number of rotatable bonds is 4. The summed E-state index contributed by atoms with van der Waals surface area (Å²) in [6, 6.07) is 13.7. The third kappa shape index (κ3) is 3.45. The molecule has 1 heterocycles. The quantitative estimate of drug-likeness (QED) is 0.757. The van der Waals surface area contributed by atoms with Gasteiger partial charge in [0.2, 0.25) is 6.29 Å². The van der Waals surface area contributed by atoms with Crippen LogP contribution in [0.25, 0.3) is 11.3 Å². The van der Waals surface area contributed by atoms with Crippen LogP contribution in [0.1, 0.15) is 25.9 Å². The van der Waals surface area contributed by atoms with E-state index in [-0.39, 0.29) is 0 Å². The Kier molecular flexibility index (Phi) is 6.19. The predicted octanol–water partition coefficient (Wildman–Crippen LogP) is 4.26. The molecule has 0 saturated carbocycles. The molecule has 0 fully saturated rings. The Labute approximate surface area is 108 Å². The highest BCUT2D eigenvalue weighted by atomic mass is 16.7. The van der Waals surface area contributed by atoms with Crippen LogP contribution < -0.4 is 0 Å². The summed E-state index contributed by atoms with van der Waals surface area (Å²) < 4.78 is 15.9. The number of methoxy groups -OCH3 is 2. The Hall–Kier alpha value is -1.58. The fourth-order valence-electron chi connectivity index (χ4n) is 1.57. The minimum Gasteiger partial charge on any atom is -0.456 e. The van der Waals surface area contributed by atoms with Gasteiger partial charge in [-0.3, -0.25) is 0 Å². The Morgan fingerprint density at radius 1 is 0.889 bits per heavy atom. The summed E-state index contributed by atoms with van der Waals surface area (Å²) >= 11 is 0. The van der Waals surface area contributed by atoms with Crippen molar-refractivity contribution in [3.05, 3.63) is 48.2 Å². The van der Waals surface area contributed by atoms with Crippen molar-refractivity contribution in [3.63, 3.8) is 0 Å². The maximum absolute atomic E-state index is 5.66. The average molecular weight is 248 g/mol. The second-order valence-electron chi connectivity index (χ2n) is 3.37. The standard InChI is InChI=1S/C13H14O3.C2H6/c1-14-13(15-2)12-9-8-11(16-12)10-6-4-3-5-7-10;1-2/h3-9,13H,1-2H3;1-2H3. The fourth-order valence-corrected chi connectivity index (χ4v) is 1.57. The van der Waals surface area contributed by atoms with Gasteiger partial charge < -0.3 is 13.9 Å². The van der Waals surface area contributed by atoms with Crippen molar-refractivity contribution in [3.8, 4) is 11.3 Å². The van der Waals surface area contributed by atoms with E-state index in [4.69, 9.17) is 13.9 Å². The molecule has 1 aromatic carbocycles. The van der Waals surface area contributed by atoms with E-state index >= 15 is 0 Å². The zero-order valence-electron chi connectivity index (χ0n) is 11.3. The molecule has 0 aliphatic rings. The Morgan fingerprint density at radius 2 is 1.50 bits per heavy atom. The van der Waals surface area contributed by atoms with E-state index in [2.05, 4.69) is 0 Å². The van der Waals surface area contributed by atoms with Crippen LogP contribution in [-0.4, -0.2) is 14.2 Å². The molecule has 0 spiro atoms. The molecule has 0 atom stereocenters. The Balaban J connectivity index is 0.000000771. The van der Waals surface area contributed by atoms with Crippen LogP contribution in [0.2, 0.25) is 0 Å². The molecule has 0 aliphatic carbocycles. The van der Waals surface area contributed by atoms with Crippen molar-refractivity contribution in [1.29, 1.82) is 0 Å². The van der Waals surface area contributed by atoms with E-state index in [1.807, 2.05) is 56.3 Å². The second kappa shape index (κ2) is 7.69. The number of hydrogen-bond donors (Lipinski definition) is 0. The minimum absolute atomic E-state index is 0.447. The number of ether oxygens (including phenoxy) is 2. The van der Waals surface area contributed by atoms with Gasteiger partial charge in [-0.2, -0.15) is 0 Å². The van der Waals surface area contributed by atoms with Gasteiger partial charge >= 0.3 is 0 Å². The lowest BCUT2D eigenvalue weighted by atomic mass is 10.2. The topological polar surface area (TPSA) is 31.6 Å². The third-order valence-electron chi connectivity index (χ3n) is 2.35. The zero-order chi connectivity index (χ0) is 13.4. The largest absolute Gasteiger partial charge is 0.456 e. The lowest BCUT2D eigenvalue weighted by Crippen LogP contribution is -2.01. The molecule has 2 rings (SSSR count). The van der Waals surface area contributed by atoms with Gasteiger partial charge in [-0.25, -0.2) is 0 Å². The van der Waals surface area contributed by atoms with Crippen LogP contribution in [0.3, 0.4) is 0 Å². The summed E-state index contributed by atoms with van der Waals surface area (Å²) in [5, 5.41) is 0. The highest BCUT2D eigenvalue weighted by Gasteiger charge is 2.14. The van der Waals surface area contributed by atoms with Gasteiger partial charge in [0.05, 0.1) is 0 Å².